The van der Waals surface area contributed by atoms with E-state index in [1.165, 1.54) is 24.4 Å². The van der Waals surface area contributed by atoms with Crippen molar-refractivity contribution in [3.63, 3.8) is 0 Å². The van der Waals surface area contributed by atoms with Crippen molar-refractivity contribution in [1.82, 2.24) is 9.88 Å². The molecule has 0 spiro atoms. The molecule has 7 heteroatoms. The average molecular weight is 385 g/mol. The Morgan fingerprint density at radius 1 is 1.00 bits per heavy atom. The van der Waals surface area contributed by atoms with Gasteiger partial charge in [-0.05, 0) is 31.3 Å². The normalized spacial score (nSPS) is 16.0. The summed E-state index contributed by atoms with van der Waals surface area (Å²) in [4.78, 5) is 8.64. The maximum atomic E-state index is 14.0. The lowest BCUT2D eigenvalue weighted by Gasteiger charge is -2.34. The molecule has 1 aliphatic heterocycles. The number of rotatable bonds is 3. The van der Waals surface area contributed by atoms with Gasteiger partial charge in [0.2, 0.25) is 9.84 Å². The quantitative estimate of drug-likeness (QED) is 0.694. The fourth-order valence-electron chi connectivity index (χ4n) is 3.36. The number of piperazine rings is 1. The summed E-state index contributed by atoms with van der Waals surface area (Å²) < 4.78 is 39.7. The largest absolute Gasteiger partial charge is 0.367 e. The van der Waals surface area contributed by atoms with E-state index in [2.05, 4.69) is 21.8 Å². The van der Waals surface area contributed by atoms with Crippen molar-refractivity contribution in [1.29, 1.82) is 0 Å². The van der Waals surface area contributed by atoms with Crippen LogP contribution in [-0.4, -0.2) is 51.5 Å². The molecule has 4 rings (SSSR count). The van der Waals surface area contributed by atoms with Crippen LogP contribution in [0.25, 0.3) is 10.9 Å². The van der Waals surface area contributed by atoms with Crippen molar-refractivity contribution in [3.05, 3.63) is 60.5 Å². The zero-order valence-corrected chi connectivity index (χ0v) is 15.8. The molecule has 0 unspecified atom stereocenters. The van der Waals surface area contributed by atoms with Crippen molar-refractivity contribution in [2.45, 2.75) is 9.79 Å². The Balaban J connectivity index is 1.77. The maximum absolute atomic E-state index is 14.0. The van der Waals surface area contributed by atoms with Crippen LogP contribution < -0.4 is 4.90 Å². The van der Waals surface area contributed by atoms with Gasteiger partial charge >= 0.3 is 0 Å². The number of hydrogen-bond donors (Lipinski definition) is 0. The summed E-state index contributed by atoms with van der Waals surface area (Å²) in [6.45, 7) is 3.73. The number of nitrogens with zero attached hydrogens (tertiary/aromatic N) is 3. The van der Waals surface area contributed by atoms with Gasteiger partial charge in [-0.1, -0.05) is 24.3 Å². The minimum absolute atomic E-state index is 0.00405. The number of benzene rings is 2. The number of sulfone groups is 1. The zero-order valence-electron chi connectivity index (χ0n) is 15.0. The summed E-state index contributed by atoms with van der Waals surface area (Å²) in [7, 11) is -1.87. The van der Waals surface area contributed by atoms with Crippen molar-refractivity contribution in [2.75, 3.05) is 38.1 Å². The Morgan fingerprint density at radius 3 is 2.48 bits per heavy atom. The molecule has 1 aromatic heterocycles. The highest BCUT2D eigenvalue weighted by Gasteiger charge is 2.23. The van der Waals surface area contributed by atoms with Crippen molar-refractivity contribution in [2.24, 2.45) is 0 Å². The molecule has 1 aliphatic rings. The smallest absolute Gasteiger partial charge is 0.211 e. The fraction of sp³-hybridized carbons (Fsp3) is 0.250. The molecule has 0 N–H and O–H groups in total. The first-order chi connectivity index (χ1) is 13.0. The molecule has 1 saturated heterocycles. The summed E-state index contributed by atoms with van der Waals surface area (Å²) >= 11 is 0. The molecule has 0 amide bonds. The van der Waals surface area contributed by atoms with Crippen LogP contribution in [0.15, 0.2) is 64.5 Å². The number of para-hydroxylation sites is 1. The van der Waals surface area contributed by atoms with Crippen LogP contribution in [0, 0.1) is 5.82 Å². The van der Waals surface area contributed by atoms with Crippen LogP contribution in [0.5, 0.6) is 0 Å². The molecule has 0 saturated carbocycles. The number of fused-ring (bicyclic) bond motifs is 1. The first-order valence-electron chi connectivity index (χ1n) is 8.79. The molecule has 3 aromatic rings. The summed E-state index contributed by atoms with van der Waals surface area (Å²) in [5, 5.41) is 0.726. The highest BCUT2D eigenvalue weighted by Crippen LogP contribution is 2.30. The van der Waals surface area contributed by atoms with Crippen LogP contribution in [0.1, 0.15) is 0 Å². The number of pyridine rings is 1. The lowest BCUT2D eigenvalue weighted by Crippen LogP contribution is -2.44. The van der Waals surface area contributed by atoms with Gasteiger partial charge in [0.25, 0.3) is 0 Å². The molecule has 5 nitrogen and oxygen atoms in total. The van der Waals surface area contributed by atoms with Crippen LogP contribution in [0.2, 0.25) is 0 Å². The molecular weight excluding hydrogens is 365 g/mol. The Labute approximate surface area is 158 Å². The van der Waals surface area contributed by atoms with Gasteiger partial charge in [-0.2, -0.15) is 0 Å². The third-order valence-corrected chi connectivity index (χ3v) is 6.70. The van der Waals surface area contributed by atoms with Crippen molar-refractivity contribution in [3.8, 4) is 0 Å². The zero-order chi connectivity index (χ0) is 19.0. The van der Waals surface area contributed by atoms with E-state index in [4.69, 9.17) is 0 Å². The minimum atomic E-state index is -3.96. The molecule has 0 aliphatic carbocycles. The van der Waals surface area contributed by atoms with Gasteiger partial charge in [-0.25, -0.2) is 12.8 Å². The van der Waals surface area contributed by atoms with Crippen LogP contribution in [0.4, 0.5) is 10.1 Å². The van der Waals surface area contributed by atoms with Crippen LogP contribution in [0.3, 0.4) is 0 Å². The summed E-state index contributed by atoms with van der Waals surface area (Å²) in [6, 6.07) is 12.7. The summed E-state index contributed by atoms with van der Waals surface area (Å²) in [5.41, 5.74) is 1.75. The van der Waals surface area contributed by atoms with E-state index < -0.39 is 15.7 Å². The van der Waals surface area contributed by atoms with Gasteiger partial charge in [0.15, 0.2) is 0 Å². The number of aromatic nitrogens is 1. The second-order valence-electron chi connectivity index (χ2n) is 6.74. The molecule has 0 radical (unpaired) electrons. The third-order valence-electron chi connectivity index (χ3n) is 4.95. The molecule has 0 atom stereocenters. The minimum Gasteiger partial charge on any atom is -0.367 e. The van der Waals surface area contributed by atoms with E-state index in [-0.39, 0.29) is 9.79 Å². The molecular formula is C20H20FN3O2S. The van der Waals surface area contributed by atoms with E-state index in [1.807, 2.05) is 18.2 Å². The van der Waals surface area contributed by atoms with E-state index in [9.17, 15) is 12.8 Å². The third kappa shape index (κ3) is 3.28. The molecule has 0 bridgehead atoms. The Morgan fingerprint density at radius 2 is 1.74 bits per heavy atom. The van der Waals surface area contributed by atoms with E-state index in [0.717, 1.165) is 48.8 Å². The lowest BCUT2D eigenvalue weighted by atomic mass is 10.1. The van der Waals surface area contributed by atoms with Crippen LogP contribution in [-0.2, 0) is 9.84 Å². The van der Waals surface area contributed by atoms with Crippen molar-refractivity contribution >= 4 is 26.4 Å². The Kier molecular flexibility index (Phi) is 4.57. The average Bonchev–Trinajstić information content (AvgIpc) is 2.68. The Hall–Kier alpha value is -2.51. The summed E-state index contributed by atoms with van der Waals surface area (Å²) in [5.74, 6) is -0.760. The van der Waals surface area contributed by atoms with Gasteiger partial charge in [-0.3, -0.25) is 4.98 Å². The van der Waals surface area contributed by atoms with Gasteiger partial charge in [0.1, 0.15) is 10.7 Å². The SMILES string of the molecule is CN1CCN(c2cccc3cc(S(=O)(=O)c4ccccc4F)cnc23)CC1. The van der Waals surface area contributed by atoms with Gasteiger partial charge in [-0.15, -0.1) is 0 Å². The van der Waals surface area contributed by atoms with Gasteiger partial charge in [0, 0.05) is 37.8 Å². The van der Waals surface area contributed by atoms with E-state index >= 15 is 0 Å². The van der Waals surface area contributed by atoms with E-state index in [0.29, 0.717) is 0 Å². The number of anilines is 1. The predicted octanol–water partition coefficient (Wildman–Crippen LogP) is 2.96. The second-order valence-corrected chi connectivity index (χ2v) is 8.66. The molecule has 1 fully saturated rings. The number of likely N-dealkylation sites (N-methyl/N-ethyl adjacent to an activating group) is 1. The first-order valence-corrected chi connectivity index (χ1v) is 10.3. The number of halogens is 1. The predicted molar refractivity (Wildman–Crippen MR) is 103 cm³/mol. The maximum Gasteiger partial charge on any atom is 0.211 e. The molecule has 2 aromatic carbocycles. The van der Waals surface area contributed by atoms with Crippen LogP contribution >= 0.6 is 0 Å². The highest BCUT2D eigenvalue weighted by molar-refractivity contribution is 7.91. The molecule has 27 heavy (non-hydrogen) atoms. The Bertz CT molecular complexity index is 1090. The molecule has 140 valence electrons. The lowest BCUT2D eigenvalue weighted by molar-refractivity contribution is 0.313. The summed E-state index contributed by atoms with van der Waals surface area (Å²) in [6.07, 6.45) is 1.32. The first kappa shape index (κ1) is 17.9. The fourth-order valence-corrected chi connectivity index (χ4v) is 4.67. The number of hydrogen-bond acceptors (Lipinski definition) is 5. The van der Waals surface area contributed by atoms with Gasteiger partial charge < -0.3 is 9.80 Å². The van der Waals surface area contributed by atoms with Gasteiger partial charge in [0.05, 0.1) is 16.1 Å². The molecule has 2 heterocycles. The van der Waals surface area contributed by atoms with E-state index in [1.54, 1.807) is 6.07 Å². The second kappa shape index (κ2) is 6.90. The topological polar surface area (TPSA) is 53.5 Å². The monoisotopic (exact) mass is 385 g/mol. The standard InChI is InChI=1S/C20H20FN3O2S/c1-23-9-11-24(12-10-23)18-7-4-5-15-13-16(14-22-20(15)18)27(25,26)19-8-3-2-6-17(19)21/h2-8,13-14H,9-12H2,1H3. The van der Waals surface area contributed by atoms with Crippen molar-refractivity contribution < 1.29 is 12.8 Å². The highest BCUT2D eigenvalue weighted by atomic mass is 32.2.